The summed E-state index contributed by atoms with van der Waals surface area (Å²) in [6.45, 7) is 0. The van der Waals surface area contributed by atoms with E-state index in [9.17, 15) is 4.79 Å². The minimum atomic E-state index is -0.881. The molecule has 1 aliphatic heterocycles. The summed E-state index contributed by atoms with van der Waals surface area (Å²) in [5.74, 6) is 0.745. The molecule has 64 valence electrons. The van der Waals surface area contributed by atoms with Gasteiger partial charge in [-0.1, -0.05) is 0 Å². The summed E-state index contributed by atoms with van der Waals surface area (Å²) < 4.78 is 1.45. The second-order valence-corrected chi connectivity index (χ2v) is 3.68. The van der Waals surface area contributed by atoms with E-state index in [0.29, 0.717) is 5.69 Å². The standard InChI is InChI=1S/C7H8N2O2S/c1-9-6(7(10)11)4-2-12-3-5(4)8-9/h2-3H2,1H3,(H,10,11). The average molecular weight is 184 g/mol. The molecule has 0 bridgehead atoms. The van der Waals surface area contributed by atoms with E-state index in [1.54, 1.807) is 18.8 Å². The molecule has 5 heteroatoms. The van der Waals surface area contributed by atoms with Crippen molar-refractivity contribution in [1.82, 2.24) is 9.78 Å². The van der Waals surface area contributed by atoms with Crippen molar-refractivity contribution in [2.45, 2.75) is 11.5 Å². The van der Waals surface area contributed by atoms with Crippen LogP contribution in [0.15, 0.2) is 0 Å². The molecule has 0 spiro atoms. The number of fused-ring (bicyclic) bond motifs is 1. The van der Waals surface area contributed by atoms with Gasteiger partial charge in [0.25, 0.3) is 0 Å². The number of hydrogen-bond donors (Lipinski definition) is 1. The molecule has 0 saturated carbocycles. The fourth-order valence-corrected chi connectivity index (χ4v) is 2.44. The lowest BCUT2D eigenvalue weighted by atomic mass is 10.2. The van der Waals surface area contributed by atoms with Crippen LogP contribution in [0.3, 0.4) is 0 Å². The van der Waals surface area contributed by atoms with E-state index < -0.39 is 5.97 Å². The lowest BCUT2D eigenvalue weighted by Gasteiger charge is -1.96. The number of carboxylic acids is 1. The van der Waals surface area contributed by atoms with Crippen LogP contribution >= 0.6 is 11.8 Å². The van der Waals surface area contributed by atoms with Crippen LogP contribution in [-0.4, -0.2) is 20.9 Å². The Morgan fingerprint density at radius 3 is 3.08 bits per heavy atom. The van der Waals surface area contributed by atoms with Crippen LogP contribution < -0.4 is 0 Å². The smallest absolute Gasteiger partial charge is 0.354 e. The first-order valence-corrected chi connectivity index (χ1v) is 4.71. The zero-order chi connectivity index (χ0) is 8.72. The maximum Gasteiger partial charge on any atom is 0.354 e. The fraction of sp³-hybridized carbons (Fsp3) is 0.429. The number of rotatable bonds is 1. The second-order valence-electron chi connectivity index (χ2n) is 2.70. The summed E-state index contributed by atoms with van der Waals surface area (Å²) in [5, 5.41) is 13.0. The van der Waals surface area contributed by atoms with Crippen LogP contribution in [0.2, 0.25) is 0 Å². The quantitative estimate of drug-likeness (QED) is 0.703. The molecule has 0 atom stereocenters. The van der Waals surface area contributed by atoms with Crippen molar-refractivity contribution in [2.24, 2.45) is 7.05 Å². The summed E-state index contributed by atoms with van der Waals surface area (Å²) >= 11 is 1.71. The summed E-state index contributed by atoms with van der Waals surface area (Å²) in [4.78, 5) is 10.8. The van der Waals surface area contributed by atoms with E-state index in [1.807, 2.05) is 0 Å². The topological polar surface area (TPSA) is 55.1 Å². The highest BCUT2D eigenvalue weighted by Gasteiger charge is 2.24. The summed E-state index contributed by atoms with van der Waals surface area (Å²) in [5.41, 5.74) is 2.17. The molecule has 1 aromatic rings. The third kappa shape index (κ3) is 0.929. The van der Waals surface area contributed by atoms with Crippen molar-refractivity contribution in [3.63, 3.8) is 0 Å². The second kappa shape index (κ2) is 2.52. The molecule has 2 rings (SSSR count). The lowest BCUT2D eigenvalue weighted by molar-refractivity contribution is 0.0684. The number of aromatic nitrogens is 2. The van der Waals surface area contributed by atoms with Crippen molar-refractivity contribution in [3.8, 4) is 0 Å². The van der Waals surface area contributed by atoms with Crippen LogP contribution in [0.1, 0.15) is 21.7 Å². The zero-order valence-electron chi connectivity index (χ0n) is 6.57. The molecule has 0 saturated heterocycles. The average Bonchev–Trinajstić information content (AvgIpc) is 2.44. The summed E-state index contributed by atoms with van der Waals surface area (Å²) in [6.07, 6.45) is 0. The first-order chi connectivity index (χ1) is 5.70. The number of carboxylic acid groups (broad SMARTS) is 1. The SMILES string of the molecule is Cn1nc2c(c1C(=O)O)CSC2. The van der Waals surface area contributed by atoms with Crippen LogP contribution in [-0.2, 0) is 18.6 Å². The van der Waals surface area contributed by atoms with Gasteiger partial charge >= 0.3 is 5.97 Å². The molecule has 0 unspecified atom stereocenters. The van der Waals surface area contributed by atoms with Gasteiger partial charge in [0.05, 0.1) is 5.69 Å². The highest BCUT2D eigenvalue weighted by Crippen LogP contribution is 2.31. The van der Waals surface area contributed by atoms with E-state index in [4.69, 9.17) is 5.11 Å². The molecule has 0 amide bonds. The Balaban J connectivity index is 2.59. The van der Waals surface area contributed by atoms with E-state index in [0.717, 1.165) is 22.8 Å². The van der Waals surface area contributed by atoms with Gasteiger partial charge in [0.1, 0.15) is 5.69 Å². The normalized spacial score (nSPS) is 14.8. The molecular formula is C7H8N2O2S. The third-order valence-corrected chi connectivity index (χ3v) is 2.89. The van der Waals surface area contributed by atoms with Gasteiger partial charge in [0, 0.05) is 24.1 Å². The van der Waals surface area contributed by atoms with Gasteiger partial charge in [-0.05, 0) is 0 Å². The number of aryl methyl sites for hydroxylation is 1. The van der Waals surface area contributed by atoms with Gasteiger partial charge in [0.15, 0.2) is 0 Å². The van der Waals surface area contributed by atoms with Crippen molar-refractivity contribution in [2.75, 3.05) is 0 Å². The Morgan fingerprint density at radius 2 is 2.42 bits per heavy atom. The van der Waals surface area contributed by atoms with Crippen LogP contribution in [0.25, 0.3) is 0 Å². The Bertz CT molecular complexity index is 345. The van der Waals surface area contributed by atoms with Gasteiger partial charge in [0.2, 0.25) is 0 Å². The van der Waals surface area contributed by atoms with E-state index >= 15 is 0 Å². The van der Waals surface area contributed by atoms with Crippen molar-refractivity contribution in [3.05, 3.63) is 17.0 Å². The maximum atomic E-state index is 10.8. The molecule has 0 radical (unpaired) electrons. The van der Waals surface area contributed by atoms with Crippen molar-refractivity contribution < 1.29 is 9.90 Å². The summed E-state index contributed by atoms with van der Waals surface area (Å²) in [6, 6.07) is 0. The maximum absolute atomic E-state index is 10.8. The van der Waals surface area contributed by atoms with Crippen LogP contribution in [0.4, 0.5) is 0 Å². The Hall–Kier alpha value is -0.970. The van der Waals surface area contributed by atoms with E-state index in [1.165, 1.54) is 4.68 Å². The number of aromatic carboxylic acids is 1. The molecular weight excluding hydrogens is 176 g/mol. The number of carbonyl (C=O) groups is 1. The molecule has 2 heterocycles. The van der Waals surface area contributed by atoms with Gasteiger partial charge in [-0.2, -0.15) is 16.9 Å². The molecule has 12 heavy (non-hydrogen) atoms. The van der Waals surface area contributed by atoms with E-state index in [2.05, 4.69) is 5.10 Å². The number of hydrogen-bond acceptors (Lipinski definition) is 3. The van der Waals surface area contributed by atoms with Gasteiger partial charge in [-0.25, -0.2) is 4.79 Å². The largest absolute Gasteiger partial charge is 0.477 e. The van der Waals surface area contributed by atoms with Gasteiger partial charge in [-0.3, -0.25) is 4.68 Å². The fourth-order valence-electron chi connectivity index (χ4n) is 1.41. The monoisotopic (exact) mass is 184 g/mol. The van der Waals surface area contributed by atoms with Gasteiger partial charge in [-0.15, -0.1) is 0 Å². The number of thioether (sulfide) groups is 1. The third-order valence-electron chi connectivity index (χ3n) is 1.92. The Labute approximate surface area is 73.6 Å². The molecule has 0 aliphatic carbocycles. The first-order valence-electron chi connectivity index (χ1n) is 3.56. The van der Waals surface area contributed by atoms with Crippen LogP contribution in [0.5, 0.6) is 0 Å². The zero-order valence-corrected chi connectivity index (χ0v) is 7.39. The minimum absolute atomic E-state index is 0.343. The van der Waals surface area contributed by atoms with Crippen molar-refractivity contribution in [1.29, 1.82) is 0 Å². The molecule has 1 aliphatic rings. The Kier molecular flexibility index (Phi) is 1.61. The van der Waals surface area contributed by atoms with Crippen LogP contribution in [0, 0.1) is 0 Å². The molecule has 0 aromatic carbocycles. The summed E-state index contributed by atoms with van der Waals surface area (Å²) in [7, 11) is 1.67. The van der Waals surface area contributed by atoms with Gasteiger partial charge < -0.3 is 5.11 Å². The highest BCUT2D eigenvalue weighted by molar-refractivity contribution is 7.98. The predicted octanol–water partition coefficient (Wildman–Crippen LogP) is 0.865. The first kappa shape index (κ1) is 7.67. The molecule has 0 fully saturated rings. The van der Waals surface area contributed by atoms with E-state index in [-0.39, 0.29) is 0 Å². The molecule has 1 aromatic heterocycles. The molecule has 4 nitrogen and oxygen atoms in total. The minimum Gasteiger partial charge on any atom is -0.477 e. The predicted molar refractivity (Wildman–Crippen MR) is 45.2 cm³/mol. The number of nitrogens with zero attached hydrogens (tertiary/aromatic N) is 2. The lowest BCUT2D eigenvalue weighted by Crippen LogP contribution is -2.07. The highest BCUT2D eigenvalue weighted by atomic mass is 32.2. The Morgan fingerprint density at radius 1 is 1.67 bits per heavy atom. The molecule has 1 N–H and O–H groups in total. The van der Waals surface area contributed by atoms with Crippen molar-refractivity contribution >= 4 is 17.7 Å².